The minimum absolute atomic E-state index is 0.676. The fraction of sp³-hybridized carbons (Fsp3) is 0.333. The van der Waals surface area contributed by atoms with Crippen molar-refractivity contribution in [3.05, 3.63) is 28.4 Å². The summed E-state index contributed by atoms with van der Waals surface area (Å²) in [7, 11) is 0. The fourth-order valence-corrected chi connectivity index (χ4v) is 2.84. The van der Waals surface area contributed by atoms with Crippen LogP contribution in [0.25, 0.3) is 10.9 Å². The standard InChI is InChI=1S/C12H11BrN2O2/c13-10-8-6-7(2-3-9(8)14-15-10)12(11(16)17)4-1-5-12/h2-3,6H,1,4-5H2,(H,14,15)(H,16,17). The fourth-order valence-electron chi connectivity index (χ4n) is 2.43. The number of hydrogen-bond acceptors (Lipinski definition) is 2. The van der Waals surface area contributed by atoms with E-state index in [1.165, 1.54) is 0 Å². The van der Waals surface area contributed by atoms with Gasteiger partial charge in [-0.25, -0.2) is 0 Å². The number of H-pyrrole nitrogens is 1. The van der Waals surface area contributed by atoms with Crippen molar-refractivity contribution >= 4 is 32.8 Å². The van der Waals surface area contributed by atoms with Gasteiger partial charge >= 0.3 is 5.97 Å². The molecule has 17 heavy (non-hydrogen) atoms. The van der Waals surface area contributed by atoms with E-state index < -0.39 is 11.4 Å². The second kappa shape index (κ2) is 3.57. The summed E-state index contributed by atoms with van der Waals surface area (Å²) >= 11 is 3.38. The highest BCUT2D eigenvalue weighted by Crippen LogP contribution is 2.44. The van der Waals surface area contributed by atoms with Gasteiger partial charge in [0.1, 0.15) is 4.60 Å². The van der Waals surface area contributed by atoms with E-state index in [2.05, 4.69) is 26.1 Å². The lowest BCUT2D eigenvalue weighted by Crippen LogP contribution is -2.42. The van der Waals surface area contributed by atoms with Gasteiger partial charge in [0.25, 0.3) is 0 Å². The Balaban J connectivity index is 2.17. The van der Waals surface area contributed by atoms with Crippen molar-refractivity contribution in [3.63, 3.8) is 0 Å². The summed E-state index contributed by atoms with van der Waals surface area (Å²) in [5.74, 6) is -0.720. The number of halogens is 1. The van der Waals surface area contributed by atoms with E-state index in [4.69, 9.17) is 0 Å². The van der Waals surface area contributed by atoms with Crippen LogP contribution in [0.15, 0.2) is 22.8 Å². The summed E-state index contributed by atoms with van der Waals surface area (Å²) < 4.78 is 0.800. The van der Waals surface area contributed by atoms with E-state index >= 15 is 0 Å². The van der Waals surface area contributed by atoms with Gasteiger partial charge in [-0.1, -0.05) is 12.5 Å². The second-order valence-corrected chi connectivity index (χ2v) is 5.30. The van der Waals surface area contributed by atoms with Crippen LogP contribution in [0.4, 0.5) is 0 Å². The highest BCUT2D eigenvalue weighted by atomic mass is 79.9. The van der Waals surface area contributed by atoms with Crippen LogP contribution in [0.5, 0.6) is 0 Å². The number of benzene rings is 1. The molecule has 3 rings (SSSR count). The van der Waals surface area contributed by atoms with Crippen molar-refractivity contribution in [2.45, 2.75) is 24.7 Å². The van der Waals surface area contributed by atoms with Gasteiger partial charge in [-0.2, -0.15) is 5.10 Å². The van der Waals surface area contributed by atoms with Crippen LogP contribution in [-0.2, 0) is 10.2 Å². The smallest absolute Gasteiger partial charge is 0.314 e. The Morgan fingerprint density at radius 1 is 1.47 bits per heavy atom. The molecule has 1 aliphatic carbocycles. The molecule has 1 fully saturated rings. The number of nitrogens with zero attached hydrogens (tertiary/aromatic N) is 1. The maximum Gasteiger partial charge on any atom is 0.314 e. The van der Waals surface area contributed by atoms with Crippen LogP contribution < -0.4 is 0 Å². The zero-order chi connectivity index (χ0) is 12.0. The van der Waals surface area contributed by atoms with Crippen LogP contribution >= 0.6 is 15.9 Å². The third-order valence-electron chi connectivity index (χ3n) is 3.68. The molecule has 0 unspecified atom stereocenters. The molecule has 0 amide bonds. The van der Waals surface area contributed by atoms with Crippen LogP contribution in [0, 0.1) is 0 Å². The number of rotatable bonds is 2. The van der Waals surface area contributed by atoms with Gasteiger partial charge in [0.15, 0.2) is 0 Å². The van der Waals surface area contributed by atoms with Crippen molar-refractivity contribution in [1.82, 2.24) is 10.2 Å². The summed E-state index contributed by atoms with van der Waals surface area (Å²) in [4.78, 5) is 11.4. The van der Waals surface area contributed by atoms with Gasteiger partial charge in [0, 0.05) is 5.39 Å². The first-order chi connectivity index (χ1) is 8.13. The van der Waals surface area contributed by atoms with E-state index in [-0.39, 0.29) is 0 Å². The molecule has 0 aliphatic heterocycles. The lowest BCUT2D eigenvalue weighted by molar-refractivity contribution is -0.147. The third kappa shape index (κ3) is 1.42. The van der Waals surface area contributed by atoms with E-state index in [0.29, 0.717) is 0 Å². The molecule has 1 aliphatic rings. The van der Waals surface area contributed by atoms with Crippen LogP contribution in [0.2, 0.25) is 0 Å². The number of hydrogen-bond donors (Lipinski definition) is 2. The van der Waals surface area contributed by atoms with Crippen molar-refractivity contribution in [3.8, 4) is 0 Å². The Morgan fingerprint density at radius 2 is 2.24 bits per heavy atom. The molecule has 0 radical (unpaired) electrons. The average molecular weight is 295 g/mol. The average Bonchev–Trinajstić information content (AvgIpc) is 2.58. The molecular formula is C12H11BrN2O2. The van der Waals surface area contributed by atoms with Crippen molar-refractivity contribution < 1.29 is 9.90 Å². The SMILES string of the molecule is O=C(O)C1(c2ccc3n[nH]c(Br)c3c2)CCC1. The lowest BCUT2D eigenvalue weighted by atomic mass is 9.64. The molecule has 0 saturated heterocycles. The molecule has 1 aromatic carbocycles. The van der Waals surface area contributed by atoms with Gasteiger partial charge in [-0.05, 0) is 46.5 Å². The van der Waals surface area contributed by atoms with E-state index in [9.17, 15) is 9.90 Å². The molecule has 0 atom stereocenters. The number of aromatic amines is 1. The predicted octanol–water partition coefficient (Wildman–Crippen LogP) is 2.83. The van der Waals surface area contributed by atoms with Crippen molar-refractivity contribution in [2.75, 3.05) is 0 Å². The zero-order valence-electron chi connectivity index (χ0n) is 9.03. The molecule has 0 bridgehead atoms. The first-order valence-electron chi connectivity index (χ1n) is 5.51. The maximum atomic E-state index is 11.4. The number of nitrogens with one attached hydrogen (secondary N) is 1. The minimum Gasteiger partial charge on any atom is -0.481 e. The largest absolute Gasteiger partial charge is 0.481 e. The summed E-state index contributed by atoms with van der Waals surface area (Å²) in [6.07, 6.45) is 2.43. The quantitative estimate of drug-likeness (QED) is 0.895. The number of carbonyl (C=O) groups is 1. The summed E-state index contributed by atoms with van der Waals surface area (Å²) in [5.41, 5.74) is 1.05. The Labute approximate surface area is 106 Å². The lowest BCUT2D eigenvalue weighted by Gasteiger charge is -2.38. The van der Waals surface area contributed by atoms with E-state index in [0.717, 1.165) is 40.3 Å². The van der Waals surface area contributed by atoms with Gasteiger partial charge in [-0.3, -0.25) is 9.89 Å². The van der Waals surface area contributed by atoms with E-state index in [1.807, 2.05) is 18.2 Å². The topological polar surface area (TPSA) is 66.0 Å². The second-order valence-electron chi connectivity index (χ2n) is 4.51. The normalized spacial score (nSPS) is 17.9. The number of aliphatic carboxylic acids is 1. The summed E-state index contributed by atoms with van der Waals surface area (Å²) in [5, 5.41) is 17.3. The molecule has 2 aromatic rings. The maximum absolute atomic E-state index is 11.4. The molecule has 4 nitrogen and oxygen atoms in total. The highest BCUT2D eigenvalue weighted by Gasteiger charge is 2.45. The van der Waals surface area contributed by atoms with Crippen LogP contribution in [-0.4, -0.2) is 21.3 Å². The van der Waals surface area contributed by atoms with Gasteiger partial charge in [0.2, 0.25) is 0 Å². The highest BCUT2D eigenvalue weighted by molar-refractivity contribution is 9.10. The summed E-state index contributed by atoms with van der Waals surface area (Å²) in [6, 6.07) is 5.67. The molecule has 1 aromatic heterocycles. The molecule has 88 valence electrons. The predicted molar refractivity (Wildman–Crippen MR) is 67.0 cm³/mol. The van der Waals surface area contributed by atoms with Crippen LogP contribution in [0.1, 0.15) is 24.8 Å². The van der Waals surface area contributed by atoms with Crippen molar-refractivity contribution in [1.29, 1.82) is 0 Å². The van der Waals surface area contributed by atoms with Gasteiger partial charge < -0.3 is 5.11 Å². The third-order valence-corrected chi connectivity index (χ3v) is 4.28. The molecule has 2 N–H and O–H groups in total. The molecule has 0 spiro atoms. The minimum atomic E-state index is -0.720. The molecule has 1 heterocycles. The molecule has 1 saturated carbocycles. The number of aromatic nitrogens is 2. The molecular weight excluding hydrogens is 284 g/mol. The Kier molecular flexibility index (Phi) is 2.26. The Bertz CT molecular complexity index is 602. The Hall–Kier alpha value is -1.36. The first-order valence-corrected chi connectivity index (χ1v) is 6.30. The zero-order valence-corrected chi connectivity index (χ0v) is 10.6. The van der Waals surface area contributed by atoms with E-state index in [1.54, 1.807) is 0 Å². The number of fused-ring (bicyclic) bond motifs is 1. The first kappa shape index (κ1) is 10.8. The molecule has 5 heteroatoms. The van der Waals surface area contributed by atoms with Crippen LogP contribution in [0.3, 0.4) is 0 Å². The number of carboxylic acid groups (broad SMARTS) is 1. The summed E-state index contributed by atoms with van der Waals surface area (Å²) in [6.45, 7) is 0. The van der Waals surface area contributed by atoms with Gasteiger partial charge in [-0.15, -0.1) is 0 Å². The number of carboxylic acids is 1. The Morgan fingerprint density at radius 3 is 2.82 bits per heavy atom. The van der Waals surface area contributed by atoms with Crippen molar-refractivity contribution in [2.24, 2.45) is 0 Å². The van der Waals surface area contributed by atoms with Gasteiger partial charge in [0.05, 0.1) is 10.9 Å². The monoisotopic (exact) mass is 294 g/mol.